The van der Waals surface area contributed by atoms with Gasteiger partial charge in [-0.1, -0.05) is 0 Å². The maximum Gasteiger partial charge on any atom is 0.410 e. The summed E-state index contributed by atoms with van der Waals surface area (Å²) < 4.78 is 5.00. The zero-order chi connectivity index (χ0) is 16.2. The SMILES string of the molecule is Cc1[nH]cnc1CSCCNC(=O)N1CCN2C(=O)OC[C@@H]2C1. The Morgan fingerprint density at radius 2 is 2.43 bits per heavy atom. The van der Waals surface area contributed by atoms with Crippen molar-refractivity contribution >= 4 is 23.9 Å². The van der Waals surface area contributed by atoms with Gasteiger partial charge >= 0.3 is 12.1 Å². The van der Waals surface area contributed by atoms with Crippen LogP contribution in [0.3, 0.4) is 0 Å². The molecular formula is C14H21N5O3S. The molecule has 3 amide bonds. The third kappa shape index (κ3) is 3.72. The number of cyclic esters (lactones) is 1. The number of piperazine rings is 1. The van der Waals surface area contributed by atoms with E-state index < -0.39 is 0 Å². The number of aromatic nitrogens is 2. The van der Waals surface area contributed by atoms with E-state index in [0.717, 1.165) is 22.9 Å². The van der Waals surface area contributed by atoms with Crippen molar-refractivity contribution in [3.05, 3.63) is 17.7 Å². The minimum Gasteiger partial charge on any atom is -0.447 e. The number of urea groups is 1. The molecule has 0 unspecified atom stereocenters. The predicted molar refractivity (Wildman–Crippen MR) is 86.3 cm³/mol. The molecule has 0 aliphatic carbocycles. The van der Waals surface area contributed by atoms with Crippen LogP contribution in [0, 0.1) is 6.92 Å². The number of fused-ring (bicyclic) bond motifs is 1. The number of ether oxygens (including phenoxy) is 1. The first kappa shape index (κ1) is 16.0. The molecule has 3 heterocycles. The van der Waals surface area contributed by atoms with Gasteiger partial charge in [0, 0.05) is 43.4 Å². The van der Waals surface area contributed by atoms with E-state index >= 15 is 0 Å². The van der Waals surface area contributed by atoms with Gasteiger partial charge in [-0.15, -0.1) is 0 Å². The Balaban J connectivity index is 1.34. The number of imidazole rings is 1. The van der Waals surface area contributed by atoms with E-state index in [2.05, 4.69) is 15.3 Å². The fourth-order valence-corrected chi connectivity index (χ4v) is 3.59. The van der Waals surface area contributed by atoms with Crippen molar-refractivity contribution in [2.24, 2.45) is 0 Å². The number of carbonyl (C=O) groups excluding carboxylic acids is 2. The molecule has 0 radical (unpaired) electrons. The predicted octanol–water partition coefficient (Wildman–Crippen LogP) is 0.797. The van der Waals surface area contributed by atoms with Gasteiger partial charge in [-0.05, 0) is 6.92 Å². The summed E-state index contributed by atoms with van der Waals surface area (Å²) >= 11 is 1.74. The number of amides is 3. The molecule has 23 heavy (non-hydrogen) atoms. The molecule has 2 aliphatic heterocycles. The molecule has 0 saturated carbocycles. The Labute approximate surface area is 138 Å². The molecule has 0 aromatic carbocycles. The molecule has 1 aromatic heterocycles. The fraction of sp³-hybridized carbons (Fsp3) is 0.643. The zero-order valence-electron chi connectivity index (χ0n) is 13.1. The number of nitrogens with one attached hydrogen (secondary N) is 2. The minimum absolute atomic E-state index is 0.000912. The van der Waals surface area contributed by atoms with Crippen molar-refractivity contribution in [1.82, 2.24) is 25.1 Å². The van der Waals surface area contributed by atoms with Crippen LogP contribution in [-0.2, 0) is 10.5 Å². The van der Waals surface area contributed by atoms with Gasteiger partial charge in [0.1, 0.15) is 6.61 Å². The maximum absolute atomic E-state index is 12.2. The van der Waals surface area contributed by atoms with E-state index in [9.17, 15) is 9.59 Å². The lowest BCUT2D eigenvalue weighted by atomic mass is 10.2. The molecule has 1 aromatic rings. The summed E-state index contributed by atoms with van der Waals surface area (Å²) in [7, 11) is 0. The normalized spacial score (nSPS) is 20.4. The molecule has 9 heteroatoms. The third-order valence-electron chi connectivity index (χ3n) is 4.10. The minimum atomic E-state index is -0.264. The van der Waals surface area contributed by atoms with Gasteiger partial charge in [0.25, 0.3) is 0 Å². The van der Waals surface area contributed by atoms with Gasteiger partial charge in [-0.2, -0.15) is 11.8 Å². The first-order valence-corrected chi connectivity index (χ1v) is 8.83. The Morgan fingerprint density at radius 3 is 3.22 bits per heavy atom. The van der Waals surface area contributed by atoms with Crippen LogP contribution in [0.1, 0.15) is 11.4 Å². The summed E-state index contributed by atoms with van der Waals surface area (Å²) in [6.07, 6.45) is 1.43. The monoisotopic (exact) mass is 339 g/mol. The fourth-order valence-electron chi connectivity index (χ4n) is 2.72. The number of hydrogen-bond donors (Lipinski definition) is 2. The standard InChI is InChI=1S/C14H21N5O3S/c1-10-12(17-9-16-10)8-23-5-2-15-13(20)18-3-4-19-11(6-18)7-22-14(19)21/h9,11H,2-8H2,1H3,(H,15,20)(H,16,17)/t11-/m0/s1. The quantitative estimate of drug-likeness (QED) is 0.774. The van der Waals surface area contributed by atoms with Crippen molar-refractivity contribution < 1.29 is 14.3 Å². The highest BCUT2D eigenvalue weighted by molar-refractivity contribution is 7.98. The highest BCUT2D eigenvalue weighted by Gasteiger charge is 2.38. The summed E-state index contributed by atoms with van der Waals surface area (Å²) in [5.41, 5.74) is 2.15. The van der Waals surface area contributed by atoms with Crippen molar-refractivity contribution in [3.63, 3.8) is 0 Å². The van der Waals surface area contributed by atoms with Crippen LogP contribution in [0.5, 0.6) is 0 Å². The average Bonchev–Trinajstić information content (AvgIpc) is 3.13. The van der Waals surface area contributed by atoms with E-state index in [1.807, 2.05) is 6.92 Å². The second-order valence-corrected chi connectivity index (χ2v) is 6.73. The van der Waals surface area contributed by atoms with Gasteiger partial charge in [0.15, 0.2) is 0 Å². The summed E-state index contributed by atoms with van der Waals surface area (Å²) in [4.78, 5) is 34.3. The Morgan fingerprint density at radius 1 is 1.57 bits per heavy atom. The van der Waals surface area contributed by atoms with E-state index in [4.69, 9.17) is 4.74 Å². The summed E-state index contributed by atoms with van der Waals surface area (Å²) in [5, 5.41) is 2.93. The highest BCUT2D eigenvalue weighted by Crippen LogP contribution is 2.17. The molecule has 2 aliphatic rings. The maximum atomic E-state index is 12.2. The molecule has 0 bridgehead atoms. The number of aromatic amines is 1. The Hall–Kier alpha value is -1.90. The van der Waals surface area contributed by atoms with Gasteiger partial charge in [0.05, 0.1) is 18.1 Å². The van der Waals surface area contributed by atoms with Gasteiger partial charge in [-0.25, -0.2) is 14.6 Å². The number of nitrogens with zero attached hydrogens (tertiary/aromatic N) is 3. The van der Waals surface area contributed by atoms with Crippen LogP contribution in [0.25, 0.3) is 0 Å². The highest BCUT2D eigenvalue weighted by atomic mass is 32.2. The number of rotatable bonds is 5. The molecule has 1 atom stereocenters. The van der Waals surface area contributed by atoms with Gasteiger partial charge in [-0.3, -0.25) is 4.90 Å². The van der Waals surface area contributed by atoms with Crippen LogP contribution < -0.4 is 5.32 Å². The number of carbonyl (C=O) groups is 2. The van der Waals surface area contributed by atoms with E-state index in [0.29, 0.717) is 32.8 Å². The summed E-state index contributed by atoms with van der Waals surface area (Å²) in [5.74, 6) is 1.68. The van der Waals surface area contributed by atoms with Crippen molar-refractivity contribution in [3.8, 4) is 0 Å². The molecule has 2 saturated heterocycles. The van der Waals surface area contributed by atoms with Crippen LogP contribution >= 0.6 is 11.8 Å². The smallest absolute Gasteiger partial charge is 0.410 e. The van der Waals surface area contributed by atoms with Crippen LogP contribution in [-0.4, -0.2) is 76.5 Å². The molecular weight excluding hydrogens is 318 g/mol. The second-order valence-electron chi connectivity index (χ2n) is 5.63. The van der Waals surface area contributed by atoms with E-state index in [1.165, 1.54) is 0 Å². The largest absolute Gasteiger partial charge is 0.447 e. The van der Waals surface area contributed by atoms with Crippen LogP contribution in [0.4, 0.5) is 9.59 Å². The van der Waals surface area contributed by atoms with E-state index in [1.54, 1.807) is 27.9 Å². The lowest BCUT2D eigenvalue weighted by Crippen LogP contribution is -2.56. The molecule has 0 spiro atoms. The summed E-state index contributed by atoms with van der Waals surface area (Å²) in [6.45, 7) is 4.63. The first-order valence-electron chi connectivity index (χ1n) is 7.68. The van der Waals surface area contributed by atoms with Crippen molar-refractivity contribution in [2.45, 2.75) is 18.7 Å². The van der Waals surface area contributed by atoms with E-state index in [-0.39, 0.29) is 18.2 Å². The molecule has 8 nitrogen and oxygen atoms in total. The zero-order valence-corrected chi connectivity index (χ0v) is 13.9. The molecule has 126 valence electrons. The average molecular weight is 339 g/mol. The number of hydrogen-bond acceptors (Lipinski definition) is 5. The molecule has 3 rings (SSSR count). The number of H-pyrrole nitrogens is 1. The molecule has 2 fully saturated rings. The lowest BCUT2D eigenvalue weighted by Gasteiger charge is -2.35. The van der Waals surface area contributed by atoms with Crippen LogP contribution in [0.2, 0.25) is 0 Å². The summed E-state index contributed by atoms with van der Waals surface area (Å²) in [6, 6.07) is -0.0698. The number of aryl methyl sites for hydroxylation is 1. The first-order chi connectivity index (χ1) is 11.1. The van der Waals surface area contributed by atoms with Crippen molar-refractivity contribution in [2.75, 3.05) is 38.5 Å². The second kappa shape index (κ2) is 7.12. The third-order valence-corrected chi connectivity index (χ3v) is 5.07. The van der Waals surface area contributed by atoms with Gasteiger partial charge in [0.2, 0.25) is 0 Å². The number of thioether (sulfide) groups is 1. The molecule has 2 N–H and O–H groups in total. The Bertz CT molecular complexity index is 579. The van der Waals surface area contributed by atoms with Crippen molar-refractivity contribution in [1.29, 1.82) is 0 Å². The lowest BCUT2D eigenvalue weighted by molar-refractivity contribution is 0.127. The van der Waals surface area contributed by atoms with Crippen LogP contribution in [0.15, 0.2) is 6.33 Å². The van der Waals surface area contributed by atoms with Gasteiger partial charge < -0.3 is 19.9 Å². The topological polar surface area (TPSA) is 90.6 Å². The Kier molecular flexibility index (Phi) is 4.94.